The zero-order chi connectivity index (χ0) is 18.0. The molecule has 0 unspecified atom stereocenters. The van der Waals surface area contributed by atoms with Gasteiger partial charge in [0.2, 0.25) is 0 Å². The molecule has 0 radical (unpaired) electrons. The summed E-state index contributed by atoms with van der Waals surface area (Å²) in [6.07, 6.45) is 1.78. The highest BCUT2D eigenvalue weighted by atomic mass is 16.5. The Morgan fingerprint density at radius 1 is 1.28 bits per heavy atom. The van der Waals surface area contributed by atoms with Gasteiger partial charge in [0, 0.05) is 30.9 Å². The van der Waals surface area contributed by atoms with Crippen molar-refractivity contribution < 1.29 is 9.84 Å². The van der Waals surface area contributed by atoms with E-state index in [4.69, 9.17) is 4.74 Å². The van der Waals surface area contributed by atoms with Crippen LogP contribution >= 0.6 is 0 Å². The van der Waals surface area contributed by atoms with Crippen LogP contribution in [0.5, 0.6) is 5.75 Å². The number of rotatable bonds is 6. The molecular formula is C20H29N3O2. The average Bonchev–Trinajstić information content (AvgIpc) is 3.11. The predicted octanol–water partition coefficient (Wildman–Crippen LogP) is 2.92. The van der Waals surface area contributed by atoms with Gasteiger partial charge in [0.1, 0.15) is 18.5 Å². The maximum Gasteiger partial charge on any atom is 0.122 e. The molecule has 2 heterocycles. The molecule has 5 nitrogen and oxygen atoms in total. The first-order chi connectivity index (χ1) is 12.0. The first-order valence-electron chi connectivity index (χ1n) is 9.08. The summed E-state index contributed by atoms with van der Waals surface area (Å²) in [4.78, 5) is 2.38. The number of hydrogen-bond acceptors (Lipinski definition) is 4. The molecule has 0 bridgehead atoms. The number of aryl methyl sites for hydroxylation is 3. The van der Waals surface area contributed by atoms with Gasteiger partial charge in [-0.2, -0.15) is 5.10 Å². The van der Waals surface area contributed by atoms with E-state index in [0.717, 1.165) is 36.4 Å². The average molecular weight is 343 g/mol. The third-order valence-corrected chi connectivity index (χ3v) is 5.23. The second kappa shape index (κ2) is 7.58. The highest BCUT2D eigenvalue weighted by Crippen LogP contribution is 2.35. The monoisotopic (exact) mass is 343 g/mol. The van der Waals surface area contributed by atoms with Crippen LogP contribution in [0.3, 0.4) is 0 Å². The van der Waals surface area contributed by atoms with E-state index >= 15 is 0 Å². The molecule has 1 aliphatic heterocycles. The first-order valence-corrected chi connectivity index (χ1v) is 9.08. The van der Waals surface area contributed by atoms with E-state index in [1.165, 1.54) is 11.3 Å². The summed E-state index contributed by atoms with van der Waals surface area (Å²) in [5.41, 5.74) is 4.74. The molecule has 1 N–H and O–H groups in total. The molecule has 0 saturated carbocycles. The molecule has 2 aromatic rings. The van der Waals surface area contributed by atoms with E-state index in [2.05, 4.69) is 23.8 Å². The van der Waals surface area contributed by atoms with Gasteiger partial charge in [-0.1, -0.05) is 18.2 Å². The number of aliphatic hydroxyl groups excluding tert-OH is 1. The van der Waals surface area contributed by atoms with Gasteiger partial charge < -0.3 is 9.84 Å². The minimum Gasteiger partial charge on any atom is -0.491 e. The quantitative estimate of drug-likeness (QED) is 0.876. The van der Waals surface area contributed by atoms with Gasteiger partial charge in [0.15, 0.2) is 0 Å². The van der Waals surface area contributed by atoms with E-state index in [9.17, 15) is 5.11 Å². The van der Waals surface area contributed by atoms with Crippen molar-refractivity contribution in [3.63, 3.8) is 0 Å². The van der Waals surface area contributed by atoms with Gasteiger partial charge in [-0.3, -0.25) is 9.58 Å². The van der Waals surface area contributed by atoms with Crippen molar-refractivity contribution in [3.8, 4) is 5.75 Å². The molecular weight excluding hydrogens is 314 g/mol. The van der Waals surface area contributed by atoms with Gasteiger partial charge in [0.05, 0.1) is 5.69 Å². The zero-order valence-corrected chi connectivity index (χ0v) is 15.7. The predicted molar refractivity (Wildman–Crippen MR) is 98.9 cm³/mol. The van der Waals surface area contributed by atoms with Gasteiger partial charge in [0.25, 0.3) is 0 Å². The Hall–Kier alpha value is -1.85. The number of likely N-dealkylation sites (tertiary alicyclic amines) is 1. The summed E-state index contributed by atoms with van der Waals surface area (Å²) >= 11 is 0. The Labute approximate surface area is 150 Å². The number of aromatic nitrogens is 2. The third-order valence-electron chi connectivity index (χ3n) is 5.23. The molecule has 5 heteroatoms. The van der Waals surface area contributed by atoms with Crippen LogP contribution in [-0.2, 0) is 7.05 Å². The molecule has 1 saturated heterocycles. The molecule has 1 fully saturated rings. The molecule has 0 amide bonds. The summed E-state index contributed by atoms with van der Waals surface area (Å²) < 4.78 is 7.77. The minimum atomic E-state index is -0.502. The highest BCUT2D eigenvalue weighted by molar-refractivity contribution is 5.32. The molecule has 25 heavy (non-hydrogen) atoms. The van der Waals surface area contributed by atoms with Crippen LogP contribution in [0, 0.1) is 20.8 Å². The second-order valence-electron chi connectivity index (χ2n) is 7.09. The number of benzene rings is 1. The van der Waals surface area contributed by atoms with Crippen molar-refractivity contribution in [1.82, 2.24) is 14.7 Å². The summed E-state index contributed by atoms with van der Waals surface area (Å²) in [6.45, 7) is 8.19. The maximum atomic E-state index is 10.5. The minimum absolute atomic E-state index is 0.319. The van der Waals surface area contributed by atoms with Gasteiger partial charge >= 0.3 is 0 Å². The van der Waals surface area contributed by atoms with E-state index in [1.807, 2.05) is 42.9 Å². The van der Waals surface area contributed by atoms with Crippen molar-refractivity contribution in [2.24, 2.45) is 7.05 Å². The van der Waals surface area contributed by atoms with Crippen molar-refractivity contribution in [1.29, 1.82) is 0 Å². The summed E-state index contributed by atoms with van der Waals surface area (Å²) in [6, 6.07) is 8.27. The summed E-state index contributed by atoms with van der Waals surface area (Å²) in [7, 11) is 2.00. The normalized spacial score (nSPS) is 19.3. The van der Waals surface area contributed by atoms with Crippen molar-refractivity contribution in [2.75, 3.05) is 19.7 Å². The van der Waals surface area contributed by atoms with E-state index in [1.54, 1.807) is 0 Å². The van der Waals surface area contributed by atoms with Crippen molar-refractivity contribution in [3.05, 3.63) is 46.8 Å². The maximum absolute atomic E-state index is 10.5. The second-order valence-corrected chi connectivity index (χ2v) is 7.09. The van der Waals surface area contributed by atoms with Crippen LogP contribution in [0.15, 0.2) is 24.3 Å². The molecule has 136 valence electrons. The smallest absolute Gasteiger partial charge is 0.122 e. The fourth-order valence-electron chi connectivity index (χ4n) is 3.87. The van der Waals surface area contributed by atoms with Crippen LogP contribution in [0.1, 0.15) is 41.4 Å². The Bertz CT molecular complexity index is 726. The lowest BCUT2D eigenvalue weighted by Gasteiger charge is -2.27. The molecule has 3 rings (SSSR count). The molecule has 1 aromatic carbocycles. The van der Waals surface area contributed by atoms with Crippen molar-refractivity contribution >= 4 is 0 Å². The van der Waals surface area contributed by atoms with Crippen LogP contribution in [0.4, 0.5) is 0 Å². The van der Waals surface area contributed by atoms with Crippen LogP contribution in [0.25, 0.3) is 0 Å². The fraction of sp³-hybridized carbons (Fsp3) is 0.550. The number of nitrogens with zero attached hydrogens (tertiary/aromatic N) is 3. The topological polar surface area (TPSA) is 50.5 Å². The number of ether oxygens (including phenoxy) is 1. The van der Waals surface area contributed by atoms with Gasteiger partial charge in [-0.25, -0.2) is 0 Å². The van der Waals surface area contributed by atoms with E-state index in [0.29, 0.717) is 19.2 Å². The van der Waals surface area contributed by atoms with Crippen molar-refractivity contribution in [2.45, 2.75) is 45.8 Å². The summed E-state index contributed by atoms with van der Waals surface area (Å²) in [5.74, 6) is 0.846. The Morgan fingerprint density at radius 2 is 2.04 bits per heavy atom. The summed E-state index contributed by atoms with van der Waals surface area (Å²) in [5, 5.41) is 15.0. The van der Waals surface area contributed by atoms with Gasteiger partial charge in [-0.05, 0) is 51.8 Å². The number of β-amino-alcohol motifs (C(OH)–C–C–N with tert-alkyl or cyclic N) is 1. The van der Waals surface area contributed by atoms with E-state index in [-0.39, 0.29) is 0 Å². The zero-order valence-electron chi connectivity index (χ0n) is 15.7. The number of para-hydroxylation sites is 1. The molecule has 0 aliphatic carbocycles. The first kappa shape index (κ1) is 18.0. The number of hydrogen-bond donors (Lipinski definition) is 1. The lowest BCUT2D eigenvalue weighted by molar-refractivity contribution is 0.0634. The Balaban J connectivity index is 1.62. The Kier molecular flexibility index (Phi) is 5.45. The molecule has 1 aromatic heterocycles. The lowest BCUT2D eigenvalue weighted by Crippen LogP contribution is -2.35. The lowest BCUT2D eigenvalue weighted by atomic mass is 10.0. The molecule has 1 aliphatic rings. The van der Waals surface area contributed by atoms with Crippen LogP contribution in [0.2, 0.25) is 0 Å². The highest BCUT2D eigenvalue weighted by Gasteiger charge is 2.31. The molecule has 0 spiro atoms. The molecule has 2 atom stereocenters. The third kappa shape index (κ3) is 3.88. The van der Waals surface area contributed by atoms with Crippen LogP contribution < -0.4 is 4.74 Å². The van der Waals surface area contributed by atoms with Crippen LogP contribution in [-0.4, -0.2) is 45.6 Å². The SMILES string of the molecule is Cc1ccccc1OC[C@@H](O)CN1CCC[C@H]1c1c(C)nn(C)c1C. The van der Waals surface area contributed by atoms with E-state index < -0.39 is 6.10 Å². The fourth-order valence-corrected chi connectivity index (χ4v) is 3.87. The number of aliphatic hydroxyl groups is 1. The largest absolute Gasteiger partial charge is 0.491 e. The Morgan fingerprint density at radius 3 is 2.72 bits per heavy atom. The van der Waals surface area contributed by atoms with Gasteiger partial charge in [-0.15, -0.1) is 0 Å². The standard InChI is InChI=1S/C20H29N3O2/c1-14-8-5-6-10-19(14)25-13-17(24)12-23-11-7-9-18(23)20-15(2)21-22(4)16(20)3/h5-6,8,10,17-18,24H,7,9,11-13H2,1-4H3/t17-,18-/m0/s1.